The van der Waals surface area contributed by atoms with Gasteiger partial charge in [-0.15, -0.1) is 0 Å². The normalized spacial score (nSPS) is 20.3. The van der Waals surface area contributed by atoms with E-state index in [0.717, 1.165) is 11.6 Å². The molecule has 0 aliphatic heterocycles. The summed E-state index contributed by atoms with van der Waals surface area (Å²) in [6.07, 6.45) is 5.61. The molecular formula is C15H27N3. The van der Waals surface area contributed by atoms with Gasteiger partial charge in [-0.05, 0) is 46.5 Å². The molecule has 3 nitrogen and oxygen atoms in total. The van der Waals surface area contributed by atoms with Crippen LogP contribution in [0.5, 0.6) is 0 Å². The highest BCUT2D eigenvalue weighted by molar-refractivity contribution is 5.27. The Balaban J connectivity index is 2.04. The summed E-state index contributed by atoms with van der Waals surface area (Å²) < 4.78 is 1.99. The van der Waals surface area contributed by atoms with E-state index in [-0.39, 0.29) is 0 Å². The van der Waals surface area contributed by atoms with Crippen molar-refractivity contribution in [2.24, 2.45) is 13.0 Å². The van der Waals surface area contributed by atoms with Crippen molar-refractivity contribution in [3.63, 3.8) is 0 Å². The van der Waals surface area contributed by atoms with Crippen LogP contribution in [-0.2, 0) is 7.05 Å². The fourth-order valence-corrected chi connectivity index (χ4v) is 3.49. The van der Waals surface area contributed by atoms with Gasteiger partial charge < -0.3 is 5.32 Å². The Morgan fingerprint density at radius 1 is 1.22 bits per heavy atom. The molecule has 3 heteroatoms. The summed E-state index contributed by atoms with van der Waals surface area (Å²) in [6.45, 7) is 8.88. The lowest BCUT2D eigenvalue weighted by atomic mass is 9.97. The number of hydrogen-bond donors (Lipinski definition) is 1. The molecule has 2 rings (SSSR count). The molecule has 102 valence electrons. The summed E-state index contributed by atoms with van der Waals surface area (Å²) in [6, 6.07) is 1.01. The zero-order valence-corrected chi connectivity index (χ0v) is 12.5. The largest absolute Gasteiger partial charge is 0.307 e. The highest BCUT2D eigenvalue weighted by Crippen LogP contribution is 2.29. The van der Waals surface area contributed by atoms with E-state index in [9.17, 15) is 0 Å². The number of nitrogens with one attached hydrogen (secondary N) is 1. The van der Waals surface area contributed by atoms with Gasteiger partial charge in [0, 0.05) is 30.4 Å². The quantitative estimate of drug-likeness (QED) is 0.887. The second-order valence-corrected chi connectivity index (χ2v) is 5.93. The van der Waals surface area contributed by atoms with Crippen molar-refractivity contribution in [3.8, 4) is 0 Å². The highest BCUT2D eigenvalue weighted by atomic mass is 15.3. The zero-order chi connectivity index (χ0) is 13.3. The van der Waals surface area contributed by atoms with E-state index < -0.39 is 0 Å². The van der Waals surface area contributed by atoms with Gasteiger partial charge in [-0.3, -0.25) is 4.68 Å². The third-order valence-corrected chi connectivity index (χ3v) is 4.62. The molecule has 0 saturated heterocycles. The van der Waals surface area contributed by atoms with Gasteiger partial charge in [-0.25, -0.2) is 0 Å². The third-order valence-electron chi connectivity index (χ3n) is 4.62. The highest BCUT2D eigenvalue weighted by Gasteiger charge is 2.24. The maximum atomic E-state index is 4.51. The Morgan fingerprint density at radius 2 is 1.83 bits per heavy atom. The number of rotatable bonds is 4. The first kappa shape index (κ1) is 13.6. The lowest BCUT2D eigenvalue weighted by molar-refractivity contribution is 0.351. The molecule has 0 amide bonds. The van der Waals surface area contributed by atoms with Gasteiger partial charge in [-0.1, -0.05) is 12.8 Å². The summed E-state index contributed by atoms with van der Waals surface area (Å²) in [5.41, 5.74) is 3.82. The fraction of sp³-hybridized carbons (Fsp3) is 0.800. The Morgan fingerprint density at radius 3 is 2.33 bits per heavy atom. The summed E-state index contributed by atoms with van der Waals surface area (Å²) in [5.74, 6) is 0.865. The van der Waals surface area contributed by atoms with Gasteiger partial charge in [-0.2, -0.15) is 5.10 Å². The van der Waals surface area contributed by atoms with E-state index in [4.69, 9.17) is 0 Å². The van der Waals surface area contributed by atoms with Crippen LogP contribution < -0.4 is 5.32 Å². The van der Waals surface area contributed by atoms with Crippen molar-refractivity contribution in [1.29, 1.82) is 0 Å². The average Bonchev–Trinajstić information content (AvgIpc) is 2.88. The molecule has 1 aromatic rings. The van der Waals surface area contributed by atoms with Crippen LogP contribution in [-0.4, -0.2) is 15.8 Å². The lowest BCUT2D eigenvalue weighted by Gasteiger charge is -2.25. The van der Waals surface area contributed by atoms with Gasteiger partial charge in [0.2, 0.25) is 0 Å². The van der Waals surface area contributed by atoms with E-state index in [1.807, 2.05) is 11.7 Å². The predicted octanol–water partition coefficient (Wildman–Crippen LogP) is 3.27. The van der Waals surface area contributed by atoms with Crippen LogP contribution >= 0.6 is 0 Å². The van der Waals surface area contributed by atoms with Crippen molar-refractivity contribution in [2.75, 3.05) is 0 Å². The predicted molar refractivity (Wildman–Crippen MR) is 75.7 cm³/mol. The zero-order valence-electron chi connectivity index (χ0n) is 12.5. The Bertz CT molecular complexity index is 402. The van der Waals surface area contributed by atoms with E-state index in [1.54, 1.807) is 0 Å². The molecule has 2 unspecified atom stereocenters. The molecule has 0 radical (unpaired) electrons. The van der Waals surface area contributed by atoms with Crippen LogP contribution in [0.25, 0.3) is 0 Å². The molecule has 1 aliphatic carbocycles. The molecule has 1 fully saturated rings. The van der Waals surface area contributed by atoms with Crippen molar-refractivity contribution >= 4 is 0 Å². The molecule has 2 atom stereocenters. The van der Waals surface area contributed by atoms with Gasteiger partial charge in [0.1, 0.15) is 0 Å². The number of aryl methyl sites for hydroxylation is 2. The van der Waals surface area contributed by atoms with Crippen LogP contribution in [0.1, 0.15) is 62.5 Å². The molecule has 1 N–H and O–H groups in total. The second-order valence-electron chi connectivity index (χ2n) is 5.93. The topological polar surface area (TPSA) is 29.9 Å². The maximum Gasteiger partial charge on any atom is 0.0644 e. The summed E-state index contributed by atoms with van der Waals surface area (Å²) >= 11 is 0. The minimum atomic E-state index is 0.397. The minimum absolute atomic E-state index is 0.397. The van der Waals surface area contributed by atoms with Crippen LogP contribution in [0, 0.1) is 19.8 Å². The number of hydrogen-bond acceptors (Lipinski definition) is 2. The lowest BCUT2D eigenvalue weighted by Crippen LogP contribution is -2.34. The molecule has 0 bridgehead atoms. The van der Waals surface area contributed by atoms with E-state index in [0.29, 0.717) is 12.1 Å². The molecule has 1 saturated carbocycles. The molecule has 1 aliphatic rings. The Labute approximate surface area is 111 Å². The van der Waals surface area contributed by atoms with Crippen molar-refractivity contribution in [1.82, 2.24) is 15.1 Å². The number of nitrogens with zero attached hydrogens (tertiary/aromatic N) is 2. The number of aromatic nitrogens is 2. The molecule has 18 heavy (non-hydrogen) atoms. The van der Waals surface area contributed by atoms with Crippen molar-refractivity contribution in [3.05, 3.63) is 17.0 Å². The first-order chi connectivity index (χ1) is 8.50. The molecule has 1 heterocycles. The Hall–Kier alpha value is -0.830. The molecular weight excluding hydrogens is 222 g/mol. The third kappa shape index (κ3) is 2.61. The van der Waals surface area contributed by atoms with Crippen molar-refractivity contribution in [2.45, 2.75) is 65.5 Å². The molecule has 1 aromatic heterocycles. The summed E-state index contributed by atoms with van der Waals surface area (Å²) in [5, 5.41) is 8.29. The summed E-state index contributed by atoms with van der Waals surface area (Å²) in [4.78, 5) is 0. The minimum Gasteiger partial charge on any atom is -0.307 e. The summed E-state index contributed by atoms with van der Waals surface area (Å²) in [7, 11) is 2.03. The van der Waals surface area contributed by atoms with Gasteiger partial charge in [0.15, 0.2) is 0 Å². The average molecular weight is 249 g/mol. The Kier molecular flexibility index (Phi) is 4.10. The smallest absolute Gasteiger partial charge is 0.0644 e. The van der Waals surface area contributed by atoms with Crippen LogP contribution in [0.2, 0.25) is 0 Å². The van der Waals surface area contributed by atoms with Crippen LogP contribution in [0.15, 0.2) is 0 Å². The van der Waals surface area contributed by atoms with Crippen molar-refractivity contribution < 1.29 is 0 Å². The van der Waals surface area contributed by atoms with Crippen LogP contribution in [0.3, 0.4) is 0 Å². The monoisotopic (exact) mass is 249 g/mol. The van der Waals surface area contributed by atoms with E-state index >= 15 is 0 Å². The van der Waals surface area contributed by atoms with Crippen LogP contribution in [0.4, 0.5) is 0 Å². The fourth-order valence-electron chi connectivity index (χ4n) is 3.49. The molecule has 0 aromatic carbocycles. The van der Waals surface area contributed by atoms with E-state index in [2.05, 4.69) is 38.1 Å². The van der Waals surface area contributed by atoms with Gasteiger partial charge in [0.05, 0.1) is 5.69 Å². The molecule has 0 spiro atoms. The first-order valence-corrected chi connectivity index (χ1v) is 7.26. The van der Waals surface area contributed by atoms with Gasteiger partial charge >= 0.3 is 0 Å². The van der Waals surface area contributed by atoms with Gasteiger partial charge in [0.25, 0.3) is 0 Å². The van der Waals surface area contributed by atoms with E-state index in [1.165, 1.54) is 36.9 Å². The standard InChI is InChI=1S/C15H27N3/c1-10(14-8-6-7-9-14)16-11(2)15-12(3)17-18(5)13(15)4/h10-11,14,16H,6-9H2,1-5H3. The first-order valence-electron chi connectivity index (χ1n) is 7.26. The SMILES string of the molecule is Cc1nn(C)c(C)c1C(C)NC(C)C1CCCC1. The maximum absolute atomic E-state index is 4.51. The second kappa shape index (κ2) is 5.43.